The number of hydrogen-bond acceptors (Lipinski definition) is 6. The van der Waals surface area contributed by atoms with Crippen molar-refractivity contribution in [1.29, 1.82) is 0 Å². The highest BCUT2D eigenvalue weighted by Gasteiger charge is 2.37. The van der Waals surface area contributed by atoms with Crippen LogP contribution in [0.3, 0.4) is 0 Å². The molecule has 0 saturated carbocycles. The summed E-state index contributed by atoms with van der Waals surface area (Å²) in [6.45, 7) is 4.74. The maximum absolute atomic E-state index is 12.5. The van der Waals surface area contributed by atoms with Crippen LogP contribution < -0.4 is 15.4 Å². The fourth-order valence-corrected chi connectivity index (χ4v) is 3.38. The second-order valence-corrected chi connectivity index (χ2v) is 7.12. The first kappa shape index (κ1) is 21.1. The van der Waals surface area contributed by atoms with E-state index in [1.807, 2.05) is 12.1 Å². The predicted molar refractivity (Wildman–Crippen MR) is 105 cm³/mol. The average molecular weight is 404 g/mol. The lowest BCUT2D eigenvalue weighted by molar-refractivity contribution is -0.128. The van der Waals surface area contributed by atoms with Gasteiger partial charge in [0.15, 0.2) is 0 Å². The van der Waals surface area contributed by atoms with Gasteiger partial charge in [0, 0.05) is 32.6 Å². The van der Waals surface area contributed by atoms with Crippen molar-refractivity contribution in [3.8, 4) is 5.75 Å². The quantitative estimate of drug-likeness (QED) is 0.576. The monoisotopic (exact) mass is 404 g/mol. The predicted octanol–water partition coefficient (Wildman–Crippen LogP) is 0.344. The van der Waals surface area contributed by atoms with Crippen molar-refractivity contribution in [2.24, 2.45) is 0 Å². The van der Waals surface area contributed by atoms with Gasteiger partial charge in [-0.15, -0.1) is 0 Å². The summed E-state index contributed by atoms with van der Waals surface area (Å²) in [5, 5.41) is 5.54. The number of amides is 4. The first-order valence-corrected chi connectivity index (χ1v) is 9.88. The van der Waals surface area contributed by atoms with Crippen LogP contribution in [0.15, 0.2) is 24.3 Å². The van der Waals surface area contributed by atoms with Crippen LogP contribution in [0.4, 0.5) is 4.79 Å². The van der Waals surface area contributed by atoms with Crippen molar-refractivity contribution >= 4 is 17.8 Å². The van der Waals surface area contributed by atoms with Crippen LogP contribution in [0.1, 0.15) is 18.4 Å². The van der Waals surface area contributed by atoms with Crippen LogP contribution >= 0.6 is 0 Å². The fourth-order valence-electron chi connectivity index (χ4n) is 3.38. The Bertz CT molecular complexity index is 718. The highest BCUT2D eigenvalue weighted by Crippen LogP contribution is 2.17. The average Bonchev–Trinajstić information content (AvgIpc) is 3.01. The first-order chi connectivity index (χ1) is 14.1. The minimum absolute atomic E-state index is 0.117. The third-order valence-electron chi connectivity index (χ3n) is 5.12. The third-order valence-corrected chi connectivity index (χ3v) is 5.12. The molecule has 0 aromatic heterocycles. The van der Waals surface area contributed by atoms with E-state index < -0.39 is 12.1 Å². The zero-order valence-electron chi connectivity index (χ0n) is 16.7. The summed E-state index contributed by atoms with van der Waals surface area (Å²) >= 11 is 0. The minimum Gasteiger partial charge on any atom is -0.497 e. The lowest BCUT2D eigenvalue weighted by atomic mass is 10.1. The Morgan fingerprint density at radius 3 is 2.66 bits per heavy atom. The summed E-state index contributed by atoms with van der Waals surface area (Å²) in [4.78, 5) is 40.2. The second-order valence-electron chi connectivity index (χ2n) is 7.12. The highest BCUT2D eigenvalue weighted by atomic mass is 16.5. The maximum Gasteiger partial charge on any atom is 0.325 e. The van der Waals surface area contributed by atoms with Gasteiger partial charge in [-0.05, 0) is 24.1 Å². The van der Waals surface area contributed by atoms with E-state index in [2.05, 4.69) is 15.5 Å². The Labute approximate surface area is 170 Å². The molecular weight excluding hydrogens is 376 g/mol. The van der Waals surface area contributed by atoms with Crippen LogP contribution in [0.2, 0.25) is 0 Å². The van der Waals surface area contributed by atoms with Crippen molar-refractivity contribution < 1.29 is 23.9 Å². The number of imide groups is 1. The molecule has 2 heterocycles. The molecule has 2 fully saturated rings. The zero-order chi connectivity index (χ0) is 20.6. The lowest BCUT2D eigenvalue weighted by Crippen LogP contribution is -2.41. The van der Waals surface area contributed by atoms with Gasteiger partial charge in [-0.3, -0.25) is 19.4 Å². The van der Waals surface area contributed by atoms with Gasteiger partial charge in [0.2, 0.25) is 5.91 Å². The summed E-state index contributed by atoms with van der Waals surface area (Å²) in [5.74, 6) is 0.296. The molecule has 3 rings (SSSR count). The standard InChI is InChI=1S/C20H28N4O5/c1-28-16-4-2-15(3-5-16)14-24-19(26)17(22-20(24)27)6-7-18(25)21-8-9-23-10-12-29-13-11-23/h2-5,17H,6-14H2,1H3,(H,21,25)(H,22,27). The number of benzene rings is 1. The van der Waals surface area contributed by atoms with Gasteiger partial charge in [0.05, 0.1) is 26.9 Å². The number of morpholine rings is 1. The summed E-state index contributed by atoms with van der Waals surface area (Å²) in [6, 6.07) is 6.11. The number of urea groups is 1. The first-order valence-electron chi connectivity index (χ1n) is 9.88. The molecule has 1 unspecified atom stereocenters. The van der Waals surface area contributed by atoms with Gasteiger partial charge in [-0.25, -0.2) is 4.79 Å². The van der Waals surface area contributed by atoms with Crippen molar-refractivity contribution in [2.75, 3.05) is 46.5 Å². The zero-order valence-corrected chi connectivity index (χ0v) is 16.7. The number of carbonyl (C=O) groups is 3. The topological polar surface area (TPSA) is 100 Å². The van der Waals surface area contributed by atoms with E-state index in [4.69, 9.17) is 9.47 Å². The van der Waals surface area contributed by atoms with E-state index >= 15 is 0 Å². The number of carbonyl (C=O) groups excluding carboxylic acids is 3. The van der Waals surface area contributed by atoms with E-state index in [0.29, 0.717) is 12.3 Å². The Balaban J connectivity index is 1.40. The van der Waals surface area contributed by atoms with E-state index in [1.54, 1.807) is 19.2 Å². The molecule has 2 aliphatic rings. The van der Waals surface area contributed by atoms with Crippen molar-refractivity contribution in [3.63, 3.8) is 0 Å². The number of methoxy groups -OCH3 is 1. The Hall–Kier alpha value is -2.65. The fraction of sp³-hybridized carbons (Fsp3) is 0.550. The maximum atomic E-state index is 12.5. The van der Waals surface area contributed by atoms with Gasteiger partial charge in [0.25, 0.3) is 5.91 Å². The Kier molecular flexibility index (Phi) is 7.42. The van der Waals surface area contributed by atoms with E-state index in [0.717, 1.165) is 38.4 Å². The molecular formula is C20H28N4O5. The van der Waals surface area contributed by atoms with Crippen LogP contribution in [0.5, 0.6) is 5.75 Å². The molecule has 0 radical (unpaired) electrons. The molecule has 158 valence electrons. The number of nitrogens with one attached hydrogen (secondary N) is 2. The summed E-state index contributed by atoms with van der Waals surface area (Å²) < 4.78 is 10.4. The number of ether oxygens (including phenoxy) is 2. The molecule has 2 saturated heterocycles. The molecule has 2 aliphatic heterocycles. The minimum atomic E-state index is -0.661. The molecule has 0 bridgehead atoms. The number of hydrogen-bond donors (Lipinski definition) is 2. The van der Waals surface area contributed by atoms with Gasteiger partial charge in [0.1, 0.15) is 11.8 Å². The molecule has 9 heteroatoms. The van der Waals surface area contributed by atoms with Crippen molar-refractivity contribution in [3.05, 3.63) is 29.8 Å². The van der Waals surface area contributed by atoms with Gasteiger partial charge >= 0.3 is 6.03 Å². The molecule has 2 N–H and O–H groups in total. The Morgan fingerprint density at radius 1 is 1.24 bits per heavy atom. The molecule has 1 aromatic carbocycles. The van der Waals surface area contributed by atoms with Crippen LogP contribution in [0, 0.1) is 0 Å². The van der Waals surface area contributed by atoms with E-state index in [-0.39, 0.29) is 31.2 Å². The summed E-state index contributed by atoms with van der Waals surface area (Å²) in [6.07, 6.45) is 0.475. The largest absolute Gasteiger partial charge is 0.497 e. The number of nitrogens with zero attached hydrogens (tertiary/aromatic N) is 2. The molecule has 9 nitrogen and oxygen atoms in total. The highest BCUT2D eigenvalue weighted by molar-refractivity contribution is 6.04. The van der Waals surface area contributed by atoms with Crippen molar-refractivity contribution in [2.45, 2.75) is 25.4 Å². The summed E-state index contributed by atoms with van der Waals surface area (Å²) in [7, 11) is 1.58. The van der Waals surface area contributed by atoms with E-state index in [9.17, 15) is 14.4 Å². The Morgan fingerprint density at radius 2 is 1.97 bits per heavy atom. The SMILES string of the molecule is COc1ccc(CN2C(=O)NC(CCC(=O)NCCN3CCOCC3)C2=O)cc1. The third kappa shape index (κ3) is 5.91. The smallest absolute Gasteiger partial charge is 0.325 e. The second kappa shape index (κ2) is 10.2. The molecule has 29 heavy (non-hydrogen) atoms. The molecule has 1 atom stereocenters. The number of rotatable bonds is 9. The molecule has 4 amide bonds. The van der Waals surface area contributed by atoms with Crippen LogP contribution in [-0.4, -0.2) is 80.2 Å². The normalized spacial score (nSPS) is 19.9. The molecule has 0 spiro atoms. The lowest BCUT2D eigenvalue weighted by Gasteiger charge is -2.26. The molecule has 0 aliphatic carbocycles. The van der Waals surface area contributed by atoms with Gasteiger partial charge in [-0.2, -0.15) is 0 Å². The van der Waals surface area contributed by atoms with E-state index in [1.165, 1.54) is 4.90 Å². The van der Waals surface area contributed by atoms with Gasteiger partial charge < -0.3 is 20.1 Å². The van der Waals surface area contributed by atoms with Gasteiger partial charge in [-0.1, -0.05) is 12.1 Å². The summed E-state index contributed by atoms with van der Waals surface area (Å²) in [5.41, 5.74) is 0.829. The molecule has 1 aromatic rings. The van der Waals surface area contributed by atoms with Crippen LogP contribution in [-0.2, 0) is 20.9 Å². The van der Waals surface area contributed by atoms with Crippen LogP contribution in [0.25, 0.3) is 0 Å². The van der Waals surface area contributed by atoms with Crippen molar-refractivity contribution in [1.82, 2.24) is 20.4 Å².